The summed E-state index contributed by atoms with van der Waals surface area (Å²) in [5.74, 6) is 0.779. The van der Waals surface area contributed by atoms with Crippen molar-refractivity contribution < 1.29 is 19.4 Å². The Morgan fingerprint density at radius 2 is 1.88 bits per heavy atom. The van der Waals surface area contributed by atoms with Crippen LogP contribution in [-0.4, -0.2) is 24.3 Å². The van der Waals surface area contributed by atoms with Gasteiger partial charge in [-0.25, -0.2) is 4.79 Å². The van der Waals surface area contributed by atoms with E-state index in [0.717, 1.165) is 29.5 Å². The summed E-state index contributed by atoms with van der Waals surface area (Å²) in [5.41, 5.74) is 3.24. The Kier molecular flexibility index (Phi) is 6.78. The number of aliphatic hydroxyl groups excluding tert-OH is 1. The number of benzene rings is 2. The van der Waals surface area contributed by atoms with Gasteiger partial charge in [0.05, 0.1) is 6.61 Å². The number of carbonyl (C=O) groups is 1. The third kappa shape index (κ3) is 5.19. The van der Waals surface area contributed by atoms with Gasteiger partial charge in [-0.1, -0.05) is 44.2 Å². The average Bonchev–Trinajstić information content (AvgIpc) is 2.61. The molecule has 4 heteroatoms. The minimum atomic E-state index is -0.433. The topological polar surface area (TPSA) is 55.8 Å². The summed E-state index contributed by atoms with van der Waals surface area (Å²) in [6, 6.07) is 13.4. The van der Waals surface area contributed by atoms with E-state index in [-0.39, 0.29) is 13.2 Å². The summed E-state index contributed by atoms with van der Waals surface area (Å²) in [6.45, 7) is 7.61. The monoisotopic (exact) mass is 340 g/mol. The molecule has 0 saturated heterocycles. The van der Waals surface area contributed by atoms with Crippen LogP contribution in [0.1, 0.15) is 25.8 Å². The molecule has 2 aromatic rings. The van der Waals surface area contributed by atoms with E-state index in [1.54, 1.807) is 6.92 Å². The first-order chi connectivity index (χ1) is 12.0. The Morgan fingerprint density at radius 1 is 1.16 bits per heavy atom. The molecule has 1 N–H and O–H groups in total. The van der Waals surface area contributed by atoms with Crippen molar-refractivity contribution in [2.75, 3.05) is 13.2 Å². The van der Waals surface area contributed by atoms with Gasteiger partial charge >= 0.3 is 5.97 Å². The fourth-order valence-corrected chi connectivity index (χ4v) is 2.42. The van der Waals surface area contributed by atoms with Crippen LogP contribution in [0.3, 0.4) is 0 Å². The number of ether oxygens (including phenoxy) is 2. The molecular formula is C21H24O4. The molecule has 132 valence electrons. The van der Waals surface area contributed by atoms with Crippen molar-refractivity contribution >= 4 is 5.97 Å². The molecule has 0 fully saturated rings. The molecule has 0 aliphatic rings. The summed E-state index contributed by atoms with van der Waals surface area (Å²) in [7, 11) is 0. The molecule has 0 heterocycles. The van der Waals surface area contributed by atoms with Gasteiger partial charge in [-0.2, -0.15) is 0 Å². The molecule has 0 aromatic heterocycles. The highest BCUT2D eigenvalue weighted by molar-refractivity contribution is 5.90. The van der Waals surface area contributed by atoms with Crippen molar-refractivity contribution in [3.63, 3.8) is 0 Å². The zero-order valence-corrected chi connectivity index (χ0v) is 14.7. The van der Waals surface area contributed by atoms with Crippen LogP contribution < -0.4 is 9.47 Å². The van der Waals surface area contributed by atoms with Crippen molar-refractivity contribution in [1.29, 1.82) is 0 Å². The lowest BCUT2D eigenvalue weighted by molar-refractivity contribution is -0.130. The van der Waals surface area contributed by atoms with Gasteiger partial charge in [-0.05, 0) is 42.7 Å². The summed E-state index contributed by atoms with van der Waals surface area (Å²) < 4.78 is 10.9. The number of hydrogen-bond acceptors (Lipinski definition) is 4. The van der Waals surface area contributed by atoms with Gasteiger partial charge < -0.3 is 14.6 Å². The van der Waals surface area contributed by atoms with Gasteiger partial charge in [0.15, 0.2) is 0 Å². The second-order valence-corrected chi connectivity index (χ2v) is 5.85. The first-order valence-electron chi connectivity index (χ1n) is 8.40. The standard InChI is InChI=1S/C21H24O4/c1-4-5-16-6-11-19(20(14-16)25-21(23)15(2)3)17-7-9-18(10-8-17)24-13-12-22/h6-11,14,22H,2,4-5,12-13H2,1,3H3. The lowest BCUT2D eigenvalue weighted by Gasteiger charge is -2.13. The van der Waals surface area contributed by atoms with Gasteiger partial charge in [0.25, 0.3) is 0 Å². The lowest BCUT2D eigenvalue weighted by Crippen LogP contribution is -2.09. The van der Waals surface area contributed by atoms with E-state index >= 15 is 0 Å². The molecule has 0 amide bonds. The zero-order valence-electron chi connectivity index (χ0n) is 14.7. The van der Waals surface area contributed by atoms with Crippen LogP contribution in [0.15, 0.2) is 54.6 Å². The third-order valence-electron chi connectivity index (χ3n) is 3.66. The fourth-order valence-electron chi connectivity index (χ4n) is 2.42. The molecule has 0 saturated carbocycles. The Labute approximate surface area is 148 Å². The molecule has 4 nitrogen and oxygen atoms in total. The molecule has 0 aliphatic heterocycles. The van der Waals surface area contributed by atoms with Gasteiger partial charge in [0.2, 0.25) is 0 Å². The van der Waals surface area contributed by atoms with E-state index in [1.807, 2.05) is 42.5 Å². The Bertz CT molecular complexity index is 732. The van der Waals surface area contributed by atoms with E-state index in [4.69, 9.17) is 14.6 Å². The van der Waals surface area contributed by atoms with E-state index in [9.17, 15) is 4.79 Å². The second kappa shape index (κ2) is 9.04. The molecule has 2 aromatic carbocycles. The van der Waals surface area contributed by atoms with E-state index in [0.29, 0.717) is 17.1 Å². The largest absolute Gasteiger partial charge is 0.491 e. The molecule has 25 heavy (non-hydrogen) atoms. The predicted octanol–water partition coefficient (Wildman–Crippen LogP) is 4.16. The average molecular weight is 340 g/mol. The molecule has 0 bridgehead atoms. The summed E-state index contributed by atoms with van der Waals surface area (Å²) in [4.78, 5) is 12.0. The fraction of sp³-hybridized carbons (Fsp3) is 0.286. The first kappa shape index (κ1) is 18.7. The summed E-state index contributed by atoms with van der Waals surface area (Å²) >= 11 is 0. The maximum atomic E-state index is 12.0. The highest BCUT2D eigenvalue weighted by Crippen LogP contribution is 2.33. The predicted molar refractivity (Wildman–Crippen MR) is 98.9 cm³/mol. The van der Waals surface area contributed by atoms with E-state index < -0.39 is 5.97 Å². The number of rotatable bonds is 8. The normalized spacial score (nSPS) is 10.4. The van der Waals surface area contributed by atoms with Gasteiger partial charge in [0.1, 0.15) is 18.1 Å². The van der Waals surface area contributed by atoms with Gasteiger partial charge in [0, 0.05) is 11.1 Å². The number of aryl methyl sites for hydroxylation is 1. The number of aliphatic hydroxyl groups is 1. The smallest absolute Gasteiger partial charge is 0.338 e. The van der Waals surface area contributed by atoms with Gasteiger partial charge in [-0.3, -0.25) is 0 Å². The highest BCUT2D eigenvalue weighted by Gasteiger charge is 2.13. The van der Waals surface area contributed by atoms with Gasteiger partial charge in [-0.15, -0.1) is 0 Å². The molecule has 0 radical (unpaired) electrons. The maximum Gasteiger partial charge on any atom is 0.338 e. The summed E-state index contributed by atoms with van der Waals surface area (Å²) in [6.07, 6.45) is 1.94. The zero-order chi connectivity index (χ0) is 18.2. The van der Waals surface area contributed by atoms with Crippen molar-refractivity contribution in [1.82, 2.24) is 0 Å². The third-order valence-corrected chi connectivity index (χ3v) is 3.66. The number of hydrogen-bond donors (Lipinski definition) is 1. The lowest BCUT2D eigenvalue weighted by atomic mass is 10.0. The van der Waals surface area contributed by atoms with Crippen LogP contribution in [0, 0.1) is 0 Å². The molecule has 0 spiro atoms. The number of esters is 1. The van der Waals surface area contributed by atoms with Crippen LogP contribution in [0.25, 0.3) is 11.1 Å². The quantitative estimate of drug-likeness (QED) is 0.445. The maximum absolute atomic E-state index is 12.0. The van der Waals surface area contributed by atoms with Crippen LogP contribution >= 0.6 is 0 Å². The Morgan fingerprint density at radius 3 is 2.48 bits per heavy atom. The molecular weight excluding hydrogens is 316 g/mol. The minimum absolute atomic E-state index is 0.0261. The van der Waals surface area contributed by atoms with Crippen LogP contribution in [0.2, 0.25) is 0 Å². The second-order valence-electron chi connectivity index (χ2n) is 5.85. The van der Waals surface area contributed by atoms with Crippen LogP contribution in [0.5, 0.6) is 11.5 Å². The van der Waals surface area contributed by atoms with Crippen molar-refractivity contribution in [2.45, 2.75) is 26.7 Å². The SMILES string of the molecule is C=C(C)C(=O)Oc1cc(CCC)ccc1-c1ccc(OCCO)cc1. The van der Waals surface area contributed by atoms with E-state index in [1.165, 1.54) is 0 Å². The van der Waals surface area contributed by atoms with Crippen LogP contribution in [0.4, 0.5) is 0 Å². The highest BCUT2D eigenvalue weighted by atomic mass is 16.5. The van der Waals surface area contributed by atoms with Crippen molar-refractivity contribution in [3.05, 3.63) is 60.2 Å². The van der Waals surface area contributed by atoms with Crippen molar-refractivity contribution in [3.8, 4) is 22.6 Å². The van der Waals surface area contributed by atoms with Crippen molar-refractivity contribution in [2.24, 2.45) is 0 Å². The first-order valence-corrected chi connectivity index (χ1v) is 8.40. The molecule has 2 rings (SSSR count). The molecule has 0 unspecified atom stereocenters. The Hall–Kier alpha value is -2.59. The molecule has 0 atom stereocenters. The minimum Gasteiger partial charge on any atom is -0.491 e. The molecule has 0 aliphatic carbocycles. The van der Waals surface area contributed by atoms with E-state index in [2.05, 4.69) is 13.5 Å². The number of carbonyl (C=O) groups excluding carboxylic acids is 1. The Balaban J connectivity index is 2.34. The van der Waals surface area contributed by atoms with Crippen LogP contribution in [-0.2, 0) is 11.2 Å². The summed E-state index contributed by atoms with van der Waals surface area (Å²) in [5, 5.41) is 8.81.